The van der Waals surface area contributed by atoms with E-state index >= 15 is 0 Å². The SMILES string of the molecule is CCNC(c1ccc(OCC)cc1)C(C)c1ccccc1. The van der Waals surface area contributed by atoms with Gasteiger partial charge >= 0.3 is 0 Å². The Bertz CT molecular complexity index is 521. The first-order valence-corrected chi connectivity index (χ1v) is 7.77. The lowest BCUT2D eigenvalue weighted by atomic mass is 9.88. The van der Waals surface area contributed by atoms with Crippen LogP contribution in [0.1, 0.15) is 43.9 Å². The normalized spacial score (nSPS) is 13.7. The van der Waals surface area contributed by atoms with Crippen LogP contribution >= 0.6 is 0 Å². The van der Waals surface area contributed by atoms with Crippen molar-refractivity contribution in [3.8, 4) is 5.75 Å². The Kier molecular flexibility index (Phi) is 5.82. The first-order chi connectivity index (χ1) is 10.3. The van der Waals surface area contributed by atoms with Gasteiger partial charge in [-0.15, -0.1) is 0 Å². The molecule has 0 radical (unpaired) electrons. The molecular weight excluding hydrogens is 258 g/mol. The van der Waals surface area contributed by atoms with Crippen molar-refractivity contribution in [1.82, 2.24) is 5.32 Å². The van der Waals surface area contributed by atoms with Crippen molar-refractivity contribution in [2.75, 3.05) is 13.2 Å². The van der Waals surface area contributed by atoms with Crippen molar-refractivity contribution in [2.45, 2.75) is 32.7 Å². The zero-order chi connectivity index (χ0) is 15.1. The van der Waals surface area contributed by atoms with E-state index in [2.05, 4.69) is 73.8 Å². The highest BCUT2D eigenvalue weighted by Gasteiger charge is 2.19. The Balaban J connectivity index is 2.21. The van der Waals surface area contributed by atoms with Gasteiger partial charge in [0.25, 0.3) is 0 Å². The molecule has 1 N–H and O–H groups in total. The molecule has 0 spiro atoms. The lowest BCUT2D eigenvalue weighted by molar-refractivity contribution is 0.340. The first kappa shape index (κ1) is 15.6. The highest BCUT2D eigenvalue weighted by atomic mass is 16.5. The molecule has 112 valence electrons. The summed E-state index contributed by atoms with van der Waals surface area (Å²) in [4.78, 5) is 0. The molecule has 0 saturated heterocycles. The van der Waals surface area contributed by atoms with Gasteiger partial charge in [-0.1, -0.05) is 56.3 Å². The summed E-state index contributed by atoms with van der Waals surface area (Å²) >= 11 is 0. The molecule has 0 fully saturated rings. The van der Waals surface area contributed by atoms with Crippen LogP contribution in [0.4, 0.5) is 0 Å². The van der Waals surface area contributed by atoms with Crippen LogP contribution in [0.2, 0.25) is 0 Å². The lowest BCUT2D eigenvalue weighted by Crippen LogP contribution is -2.25. The van der Waals surface area contributed by atoms with E-state index in [0.29, 0.717) is 18.6 Å². The summed E-state index contributed by atoms with van der Waals surface area (Å²) in [7, 11) is 0. The average molecular weight is 283 g/mol. The van der Waals surface area contributed by atoms with Crippen LogP contribution < -0.4 is 10.1 Å². The quantitative estimate of drug-likeness (QED) is 0.805. The van der Waals surface area contributed by atoms with Crippen molar-refractivity contribution in [1.29, 1.82) is 0 Å². The Morgan fingerprint density at radius 3 is 2.14 bits per heavy atom. The van der Waals surface area contributed by atoms with Gasteiger partial charge in [-0.25, -0.2) is 0 Å². The Morgan fingerprint density at radius 1 is 0.905 bits per heavy atom. The fourth-order valence-corrected chi connectivity index (χ4v) is 2.69. The van der Waals surface area contributed by atoms with Crippen LogP contribution in [0.15, 0.2) is 54.6 Å². The van der Waals surface area contributed by atoms with Crippen LogP contribution in [0, 0.1) is 0 Å². The van der Waals surface area contributed by atoms with Gasteiger partial charge in [0.2, 0.25) is 0 Å². The molecule has 2 aromatic carbocycles. The molecule has 0 aliphatic rings. The van der Waals surface area contributed by atoms with Crippen molar-refractivity contribution in [2.24, 2.45) is 0 Å². The predicted octanol–water partition coefficient (Wildman–Crippen LogP) is 4.54. The van der Waals surface area contributed by atoms with Gasteiger partial charge in [-0.05, 0) is 36.7 Å². The number of likely N-dealkylation sites (N-methyl/N-ethyl adjacent to an activating group) is 1. The molecule has 0 aliphatic carbocycles. The molecule has 0 saturated carbocycles. The van der Waals surface area contributed by atoms with Crippen molar-refractivity contribution in [3.63, 3.8) is 0 Å². The lowest BCUT2D eigenvalue weighted by Gasteiger charge is -2.26. The minimum Gasteiger partial charge on any atom is -0.494 e. The molecule has 2 unspecified atom stereocenters. The zero-order valence-corrected chi connectivity index (χ0v) is 13.2. The summed E-state index contributed by atoms with van der Waals surface area (Å²) in [5.74, 6) is 1.35. The Labute approximate surface area is 128 Å². The fourth-order valence-electron chi connectivity index (χ4n) is 2.69. The maximum atomic E-state index is 5.53. The second-order valence-corrected chi connectivity index (χ2v) is 5.24. The van der Waals surface area contributed by atoms with Crippen molar-refractivity contribution < 1.29 is 4.74 Å². The van der Waals surface area contributed by atoms with Gasteiger partial charge in [-0.2, -0.15) is 0 Å². The number of benzene rings is 2. The number of ether oxygens (including phenoxy) is 1. The van der Waals surface area contributed by atoms with Crippen LogP contribution in [0.25, 0.3) is 0 Å². The molecule has 0 amide bonds. The summed E-state index contributed by atoms with van der Waals surface area (Å²) in [5.41, 5.74) is 2.66. The van der Waals surface area contributed by atoms with E-state index in [4.69, 9.17) is 4.74 Å². The molecular formula is C19H25NO. The molecule has 0 heterocycles. The smallest absolute Gasteiger partial charge is 0.119 e. The molecule has 21 heavy (non-hydrogen) atoms. The minimum absolute atomic E-state index is 0.313. The van der Waals surface area contributed by atoms with Crippen LogP contribution in [-0.2, 0) is 0 Å². The maximum absolute atomic E-state index is 5.53. The largest absolute Gasteiger partial charge is 0.494 e. The maximum Gasteiger partial charge on any atom is 0.119 e. The van der Waals surface area contributed by atoms with Crippen LogP contribution in [-0.4, -0.2) is 13.2 Å². The summed E-state index contributed by atoms with van der Waals surface area (Å²) in [6.45, 7) is 8.09. The Morgan fingerprint density at radius 2 is 1.57 bits per heavy atom. The molecule has 0 aromatic heterocycles. The summed E-state index contributed by atoms with van der Waals surface area (Å²) in [6, 6.07) is 19.4. The van der Waals surface area contributed by atoms with Gasteiger partial charge in [0, 0.05) is 12.0 Å². The van der Waals surface area contributed by atoms with E-state index in [1.54, 1.807) is 0 Å². The molecule has 0 aliphatic heterocycles. The van der Waals surface area contributed by atoms with E-state index in [-0.39, 0.29) is 0 Å². The zero-order valence-electron chi connectivity index (χ0n) is 13.2. The van der Waals surface area contributed by atoms with E-state index in [1.165, 1.54) is 11.1 Å². The second-order valence-electron chi connectivity index (χ2n) is 5.24. The first-order valence-electron chi connectivity index (χ1n) is 7.77. The third-order valence-corrected chi connectivity index (χ3v) is 3.80. The number of hydrogen-bond acceptors (Lipinski definition) is 2. The fraction of sp³-hybridized carbons (Fsp3) is 0.368. The van der Waals surface area contributed by atoms with Gasteiger partial charge in [-0.3, -0.25) is 0 Å². The van der Waals surface area contributed by atoms with Gasteiger partial charge in [0.05, 0.1) is 6.61 Å². The van der Waals surface area contributed by atoms with Crippen LogP contribution in [0.5, 0.6) is 5.75 Å². The third kappa shape index (κ3) is 4.08. The highest BCUT2D eigenvalue weighted by molar-refractivity contribution is 5.32. The van der Waals surface area contributed by atoms with Crippen molar-refractivity contribution >= 4 is 0 Å². The van der Waals surface area contributed by atoms with E-state index < -0.39 is 0 Å². The Hall–Kier alpha value is -1.80. The molecule has 2 heteroatoms. The average Bonchev–Trinajstić information content (AvgIpc) is 2.54. The molecule has 2 nitrogen and oxygen atoms in total. The number of rotatable bonds is 7. The number of nitrogens with one attached hydrogen (secondary N) is 1. The summed E-state index contributed by atoms with van der Waals surface area (Å²) in [5, 5.41) is 3.61. The van der Waals surface area contributed by atoms with Crippen molar-refractivity contribution in [3.05, 3.63) is 65.7 Å². The highest BCUT2D eigenvalue weighted by Crippen LogP contribution is 2.31. The van der Waals surface area contributed by atoms with E-state index in [9.17, 15) is 0 Å². The van der Waals surface area contributed by atoms with Gasteiger partial charge < -0.3 is 10.1 Å². The monoisotopic (exact) mass is 283 g/mol. The summed E-state index contributed by atoms with van der Waals surface area (Å²) in [6.07, 6.45) is 0. The number of hydrogen-bond donors (Lipinski definition) is 1. The summed E-state index contributed by atoms with van der Waals surface area (Å²) < 4.78 is 5.53. The van der Waals surface area contributed by atoms with Gasteiger partial charge in [0.15, 0.2) is 0 Å². The standard InChI is InChI=1S/C19H25NO/c1-4-20-19(15(3)16-9-7-6-8-10-16)17-11-13-18(14-12-17)21-5-2/h6-15,19-20H,4-5H2,1-3H3. The van der Waals surface area contributed by atoms with E-state index in [1.807, 2.05) is 6.92 Å². The third-order valence-electron chi connectivity index (χ3n) is 3.80. The van der Waals surface area contributed by atoms with E-state index in [0.717, 1.165) is 12.3 Å². The topological polar surface area (TPSA) is 21.3 Å². The molecule has 2 aromatic rings. The second kappa shape index (κ2) is 7.84. The molecule has 2 rings (SSSR count). The predicted molar refractivity (Wildman–Crippen MR) is 88.9 cm³/mol. The minimum atomic E-state index is 0.313. The van der Waals surface area contributed by atoms with Gasteiger partial charge in [0.1, 0.15) is 5.75 Å². The molecule has 0 bridgehead atoms. The molecule has 2 atom stereocenters. The van der Waals surface area contributed by atoms with Crippen LogP contribution in [0.3, 0.4) is 0 Å².